The highest BCUT2D eigenvalue weighted by Crippen LogP contribution is 2.42. The van der Waals surface area contributed by atoms with Crippen LogP contribution in [-0.4, -0.2) is 52.1 Å². The number of benzene rings is 5. The number of carbonyl (C=O) groups is 4. The molecule has 0 saturated carbocycles. The van der Waals surface area contributed by atoms with Gasteiger partial charge in [0, 0.05) is 23.3 Å². The van der Waals surface area contributed by atoms with Gasteiger partial charge in [0.25, 0.3) is 23.6 Å². The molecule has 2 aliphatic rings. The number of hydrogen-bond acceptors (Lipinski definition) is 10. The van der Waals surface area contributed by atoms with E-state index in [0.717, 1.165) is 9.80 Å². The molecule has 4 N–H and O–H groups in total. The largest absolute Gasteiger partial charge is 0.496 e. The van der Waals surface area contributed by atoms with Gasteiger partial charge in [-0.2, -0.15) is 0 Å². The number of rotatable bonds is 8. The number of nitrogen functional groups attached to an aromatic ring is 2. The van der Waals surface area contributed by atoms with Crippen LogP contribution in [0.15, 0.2) is 78.9 Å². The molecule has 2 heterocycles. The van der Waals surface area contributed by atoms with E-state index >= 15 is 0 Å². The molecule has 0 spiro atoms. The lowest BCUT2D eigenvalue weighted by Crippen LogP contribution is -2.31. The van der Waals surface area contributed by atoms with Crippen LogP contribution in [0.4, 0.5) is 22.7 Å². The molecule has 2 aliphatic heterocycles. The molecule has 0 aliphatic carbocycles. The summed E-state index contributed by atoms with van der Waals surface area (Å²) in [5.41, 5.74) is 17.4. The molecule has 0 saturated heterocycles. The second-order valence-electron chi connectivity index (χ2n) is 12.0. The monoisotopic (exact) mass is 684 g/mol. The predicted octanol–water partition coefficient (Wildman–Crippen LogP) is 6.13. The molecule has 51 heavy (non-hydrogen) atoms. The van der Waals surface area contributed by atoms with Gasteiger partial charge in [-0.05, 0) is 78.2 Å². The molecule has 0 unspecified atom stereocenters. The minimum absolute atomic E-state index is 0.212. The first-order valence-electron chi connectivity index (χ1n) is 15.7. The average Bonchev–Trinajstić information content (AvgIpc) is 3.53. The van der Waals surface area contributed by atoms with Gasteiger partial charge in [-0.25, -0.2) is 9.80 Å². The first-order chi connectivity index (χ1) is 24.5. The number of methoxy groups -OCH3 is 4. The summed E-state index contributed by atoms with van der Waals surface area (Å²) in [6.07, 6.45) is 0. The van der Waals surface area contributed by atoms with Crippen molar-refractivity contribution < 1.29 is 38.1 Å². The van der Waals surface area contributed by atoms with Crippen LogP contribution in [0.2, 0.25) is 0 Å². The summed E-state index contributed by atoms with van der Waals surface area (Å²) in [4.78, 5) is 57.0. The molecule has 12 heteroatoms. The van der Waals surface area contributed by atoms with E-state index in [9.17, 15) is 19.2 Å². The van der Waals surface area contributed by atoms with Crippen molar-refractivity contribution in [2.24, 2.45) is 0 Å². The van der Waals surface area contributed by atoms with E-state index in [4.69, 9.17) is 30.4 Å². The van der Waals surface area contributed by atoms with E-state index in [1.165, 1.54) is 28.4 Å². The second-order valence-corrected chi connectivity index (χ2v) is 12.0. The van der Waals surface area contributed by atoms with Crippen LogP contribution < -0.4 is 40.2 Å². The molecule has 5 aromatic rings. The molecule has 5 aromatic carbocycles. The van der Waals surface area contributed by atoms with Crippen molar-refractivity contribution in [3.63, 3.8) is 0 Å². The van der Waals surface area contributed by atoms with Gasteiger partial charge < -0.3 is 30.4 Å². The Kier molecular flexibility index (Phi) is 7.86. The van der Waals surface area contributed by atoms with Crippen LogP contribution >= 0.6 is 0 Å². The van der Waals surface area contributed by atoms with Crippen molar-refractivity contribution in [3.8, 4) is 45.3 Å². The highest BCUT2D eigenvalue weighted by Gasteiger charge is 2.40. The Morgan fingerprint density at radius 2 is 0.882 bits per heavy atom. The average molecular weight is 685 g/mol. The van der Waals surface area contributed by atoms with Gasteiger partial charge in [-0.3, -0.25) is 19.2 Å². The number of aryl methyl sites for hydroxylation is 1. The van der Waals surface area contributed by atoms with Crippen LogP contribution in [0.3, 0.4) is 0 Å². The third-order valence-electron chi connectivity index (χ3n) is 9.18. The normalized spacial score (nSPS) is 13.4. The quantitative estimate of drug-likeness (QED) is 0.144. The van der Waals surface area contributed by atoms with E-state index in [0.29, 0.717) is 73.6 Å². The van der Waals surface area contributed by atoms with Crippen LogP contribution in [0.5, 0.6) is 23.0 Å². The first-order valence-corrected chi connectivity index (χ1v) is 15.7. The number of imide groups is 2. The minimum Gasteiger partial charge on any atom is -0.496 e. The highest BCUT2D eigenvalue weighted by atomic mass is 16.5. The van der Waals surface area contributed by atoms with Crippen molar-refractivity contribution in [1.82, 2.24) is 0 Å². The molecular formula is C39H32N4O8. The molecule has 0 aromatic heterocycles. The predicted molar refractivity (Wildman–Crippen MR) is 192 cm³/mol. The Balaban J connectivity index is 1.19. The standard InChI is InChI=1S/C39H32N4O8/c1-19-12-22(42-36(44)23-9-6-20(13-27(23)38(42)46)25-15-34(50-4)29(40)17-32(25)48-2)8-11-31(19)43-37(45)24-10-7-21(14-28(24)39(43)47)26-16-35(51-5)30(41)18-33(26)49-3/h6-18H,40-41H2,1-5H3. The zero-order valence-corrected chi connectivity index (χ0v) is 28.3. The molecule has 0 atom stereocenters. The Labute approximate surface area is 292 Å². The third kappa shape index (κ3) is 5.07. The fraction of sp³-hybridized carbons (Fsp3) is 0.128. The SMILES string of the molecule is COc1cc(-c2ccc3c(c2)C(=O)N(c2ccc(N4C(=O)c5ccc(-c6cc(OC)c(N)cc6OC)cc5C4=O)c(C)c2)C3=O)c(OC)cc1N. The number of ether oxygens (including phenoxy) is 4. The van der Waals surface area contributed by atoms with E-state index in [1.54, 1.807) is 85.8 Å². The molecule has 0 fully saturated rings. The van der Waals surface area contributed by atoms with Crippen LogP contribution in [-0.2, 0) is 0 Å². The lowest BCUT2D eigenvalue weighted by atomic mass is 9.99. The maximum absolute atomic E-state index is 13.8. The van der Waals surface area contributed by atoms with E-state index in [2.05, 4.69) is 0 Å². The van der Waals surface area contributed by atoms with Crippen molar-refractivity contribution in [3.05, 3.63) is 107 Å². The van der Waals surface area contributed by atoms with Gasteiger partial charge >= 0.3 is 0 Å². The molecule has 7 rings (SSSR count). The number of amides is 4. The molecule has 12 nitrogen and oxygen atoms in total. The lowest BCUT2D eigenvalue weighted by molar-refractivity contribution is 0.0909. The van der Waals surface area contributed by atoms with E-state index in [1.807, 2.05) is 0 Å². The number of nitrogens with zero attached hydrogens (tertiary/aromatic N) is 2. The zero-order valence-electron chi connectivity index (χ0n) is 28.3. The summed E-state index contributed by atoms with van der Waals surface area (Å²) in [7, 11) is 6.02. The molecule has 0 bridgehead atoms. The van der Waals surface area contributed by atoms with Crippen LogP contribution in [0.25, 0.3) is 22.3 Å². The minimum atomic E-state index is -0.520. The third-order valence-corrected chi connectivity index (χ3v) is 9.18. The fourth-order valence-corrected chi connectivity index (χ4v) is 6.59. The van der Waals surface area contributed by atoms with Crippen LogP contribution in [0.1, 0.15) is 47.0 Å². The summed E-state index contributed by atoms with van der Waals surface area (Å²) in [6, 6.07) is 21.3. The van der Waals surface area contributed by atoms with E-state index in [-0.39, 0.29) is 22.3 Å². The summed E-state index contributed by atoms with van der Waals surface area (Å²) in [5, 5.41) is 0. The Morgan fingerprint density at radius 1 is 0.451 bits per heavy atom. The Bertz CT molecular complexity index is 2350. The van der Waals surface area contributed by atoms with Gasteiger partial charge in [-0.1, -0.05) is 12.1 Å². The van der Waals surface area contributed by atoms with Crippen LogP contribution in [0, 0.1) is 6.92 Å². The highest BCUT2D eigenvalue weighted by molar-refractivity contribution is 6.36. The number of hydrogen-bond donors (Lipinski definition) is 2. The molecule has 0 radical (unpaired) electrons. The first kappa shape index (κ1) is 32.7. The maximum Gasteiger partial charge on any atom is 0.266 e. The molecule has 4 amide bonds. The topological polar surface area (TPSA) is 164 Å². The number of nitrogens with two attached hydrogens (primary N) is 2. The number of anilines is 4. The van der Waals surface area contributed by atoms with Gasteiger partial charge in [0.2, 0.25) is 0 Å². The number of carbonyl (C=O) groups excluding carboxylic acids is 4. The smallest absolute Gasteiger partial charge is 0.266 e. The summed E-state index contributed by atoms with van der Waals surface area (Å²) >= 11 is 0. The van der Waals surface area contributed by atoms with Gasteiger partial charge in [-0.15, -0.1) is 0 Å². The van der Waals surface area contributed by atoms with Crippen molar-refractivity contribution in [2.45, 2.75) is 6.92 Å². The lowest BCUT2D eigenvalue weighted by Gasteiger charge is -2.20. The molecule has 256 valence electrons. The van der Waals surface area contributed by atoms with Crippen molar-refractivity contribution >= 4 is 46.4 Å². The zero-order chi connectivity index (χ0) is 36.3. The van der Waals surface area contributed by atoms with Gasteiger partial charge in [0.05, 0.1) is 73.4 Å². The Hall–Kier alpha value is -6.82. The van der Waals surface area contributed by atoms with Crippen molar-refractivity contribution in [1.29, 1.82) is 0 Å². The van der Waals surface area contributed by atoms with Crippen molar-refractivity contribution in [2.75, 3.05) is 49.7 Å². The maximum atomic E-state index is 13.8. The summed E-state index contributed by atoms with van der Waals surface area (Å²) in [5.74, 6) is -0.212. The fourth-order valence-electron chi connectivity index (χ4n) is 6.59. The second kappa shape index (κ2) is 12.3. The van der Waals surface area contributed by atoms with E-state index < -0.39 is 23.6 Å². The number of fused-ring (bicyclic) bond motifs is 2. The summed E-state index contributed by atoms with van der Waals surface area (Å²) in [6.45, 7) is 1.70. The summed E-state index contributed by atoms with van der Waals surface area (Å²) < 4.78 is 21.8. The molecular weight excluding hydrogens is 652 g/mol. The van der Waals surface area contributed by atoms with Gasteiger partial charge in [0.15, 0.2) is 0 Å². The van der Waals surface area contributed by atoms with Gasteiger partial charge in [0.1, 0.15) is 23.0 Å². The Morgan fingerprint density at radius 3 is 1.33 bits per heavy atom.